The summed E-state index contributed by atoms with van der Waals surface area (Å²) in [5.41, 5.74) is 6.92. The number of halogens is 1. The molecule has 0 aliphatic heterocycles. The Morgan fingerprint density at radius 1 is 1.26 bits per heavy atom. The Balaban J connectivity index is 1.91. The summed E-state index contributed by atoms with van der Waals surface area (Å²) in [5.74, 6) is -0.933. The molecule has 0 aliphatic carbocycles. The summed E-state index contributed by atoms with van der Waals surface area (Å²) in [6, 6.07) is 9.28. The van der Waals surface area contributed by atoms with Crippen LogP contribution in [0, 0.1) is 5.82 Å². The zero-order valence-corrected chi connectivity index (χ0v) is 18.2. The highest BCUT2D eigenvalue weighted by Crippen LogP contribution is 2.38. The molecule has 1 aromatic carbocycles. The second-order valence-electron chi connectivity index (χ2n) is 7.14. The van der Waals surface area contributed by atoms with Crippen LogP contribution in [-0.2, 0) is 0 Å². The second-order valence-corrected chi connectivity index (χ2v) is 8.19. The highest BCUT2D eigenvalue weighted by molar-refractivity contribution is 7.19. The van der Waals surface area contributed by atoms with Gasteiger partial charge in [-0.2, -0.15) is 0 Å². The van der Waals surface area contributed by atoms with E-state index in [1.54, 1.807) is 38.4 Å². The van der Waals surface area contributed by atoms with Gasteiger partial charge in [-0.25, -0.2) is 9.37 Å². The van der Waals surface area contributed by atoms with Gasteiger partial charge in [0.1, 0.15) is 16.6 Å². The smallest absolute Gasteiger partial charge is 0.254 e. The van der Waals surface area contributed by atoms with Gasteiger partial charge in [-0.15, -0.1) is 11.3 Å². The van der Waals surface area contributed by atoms with Crippen LogP contribution in [0.15, 0.2) is 42.6 Å². The number of aliphatic hydroxyl groups is 1. The van der Waals surface area contributed by atoms with E-state index in [1.165, 1.54) is 23.2 Å². The van der Waals surface area contributed by atoms with Crippen LogP contribution in [-0.4, -0.2) is 40.9 Å². The Labute approximate surface area is 183 Å². The minimum atomic E-state index is -0.737. The molecule has 0 radical (unpaired) electrons. The normalized spacial score (nSPS) is 11.8. The molecular formula is C22H23FN4O3S. The molecule has 0 saturated carbocycles. The zero-order valence-electron chi connectivity index (χ0n) is 17.3. The summed E-state index contributed by atoms with van der Waals surface area (Å²) >= 11 is 1.16. The van der Waals surface area contributed by atoms with Crippen molar-refractivity contribution in [1.29, 1.82) is 0 Å². The number of hydrogen-bond acceptors (Lipinski definition) is 6. The number of carbonyl (C=O) groups is 2. The second kappa shape index (κ2) is 9.23. The monoisotopic (exact) mass is 442 g/mol. The van der Waals surface area contributed by atoms with E-state index in [2.05, 4.69) is 10.3 Å². The minimum Gasteiger partial charge on any atom is -0.388 e. The molecule has 0 fully saturated rings. The first-order chi connectivity index (χ1) is 14.7. The van der Waals surface area contributed by atoms with Crippen molar-refractivity contribution in [1.82, 2.24) is 9.88 Å². The fourth-order valence-electron chi connectivity index (χ4n) is 2.94. The number of pyridine rings is 1. The number of amides is 2. The Bertz CT molecular complexity index is 1110. The molecule has 0 bridgehead atoms. The summed E-state index contributed by atoms with van der Waals surface area (Å²) in [7, 11) is 3.30. The van der Waals surface area contributed by atoms with E-state index in [0.717, 1.165) is 11.3 Å². The number of hydrogen-bond donors (Lipinski definition) is 3. The highest BCUT2D eigenvalue weighted by atomic mass is 32.1. The topological polar surface area (TPSA) is 109 Å². The fraction of sp³-hybridized carbons (Fsp3) is 0.227. The summed E-state index contributed by atoms with van der Waals surface area (Å²) in [4.78, 5) is 30.1. The standard InChI is InChI=1S/C22H23FN4O3S/c1-4-17(28)12-5-7-14(16(23)9-12)18-10-15(20(24)29)21(31-18)26-19-8-6-13(11-25-19)22(30)27(2)3/h5-11,17,28H,4H2,1-3H3,(H2,24,29)(H,25,26). The molecule has 3 rings (SSSR count). The molecule has 0 saturated heterocycles. The van der Waals surface area contributed by atoms with Crippen LogP contribution in [0.4, 0.5) is 15.2 Å². The average Bonchev–Trinajstić information content (AvgIpc) is 3.16. The van der Waals surface area contributed by atoms with E-state index in [-0.39, 0.29) is 11.5 Å². The van der Waals surface area contributed by atoms with Crippen molar-refractivity contribution in [3.05, 3.63) is 65.1 Å². The first-order valence-corrected chi connectivity index (χ1v) is 10.4. The molecule has 3 aromatic rings. The molecule has 1 unspecified atom stereocenters. The lowest BCUT2D eigenvalue weighted by atomic mass is 10.0. The van der Waals surface area contributed by atoms with Gasteiger partial charge in [0.15, 0.2) is 0 Å². The van der Waals surface area contributed by atoms with Crippen LogP contribution in [0.5, 0.6) is 0 Å². The number of benzene rings is 1. The van der Waals surface area contributed by atoms with Crippen molar-refractivity contribution < 1.29 is 19.1 Å². The molecule has 1 atom stereocenters. The Morgan fingerprint density at radius 2 is 2.00 bits per heavy atom. The van der Waals surface area contributed by atoms with Crippen LogP contribution in [0.3, 0.4) is 0 Å². The Morgan fingerprint density at radius 3 is 2.55 bits per heavy atom. The van der Waals surface area contributed by atoms with Crippen molar-refractivity contribution in [2.45, 2.75) is 19.4 Å². The molecular weight excluding hydrogens is 419 g/mol. The minimum absolute atomic E-state index is 0.178. The maximum absolute atomic E-state index is 14.7. The van der Waals surface area contributed by atoms with E-state index in [0.29, 0.717) is 38.8 Å². The average molecular weight is 443 g/mol. The lowest BCUT2D eigenvalue weighted by molar-refractivity contribution is 0.0827. The number of carbonyl (C=O) groups excluding carboxylic acids is 2. The van der Waals surface area contributed by atoms with E-state index >= 15 is 0 Å². The Hall–Kier alpha value is -3.30. The number of nitrogens with zero attached hydrogens (tertiary/aromatic N) is 2. The SMILES string of the molecule is CCC(O)c1ccc(-c2cc(C(N)=O)c(Nc3ccc(C(=O)N(C)C)cn3)s2)c(F)c1. The van der Waals surface area contributed by atoms with Crippen molar-refractivity contribution in [3.8, 4) is 10.4 Å². The van der Waals surface area contributed by atoms with Gasteiger partial charge >= 0.3 is 0 Å². The summed E-state index contributed by atoms with van der Waals surface area (Å²) in [5, 5.41) is 13.4. The van der Waals surface area contributed by atoms with Crippen molar-refractivity contribution in [2.75, 3.05) is 19.4 Å². The summed E-state index contributed by atoms with van der Waals surface area (Å²) < 4.78 is 14.7. The van der Waals surface area contributed by atoms with Gasteiger partial charge in [0.05, 0.1) is 17.2 Å². The molecule has 0 aliphatic rings. The third-order valence-corrected chi connectivity index (χ3v) is 5.77. The lowest BCUT2D eigenvalue weighted by Gasteiger charge is -2.10. The molecule has 2 heterocycles. The molecule has 7 nitrogen and oxygen atoms in total. The van der Waals surface area contributed by atoms with Gasteiger partial charge in [-0.05, 0) is 36.2 Å². The summed E-state index contributed by atoms with van der Waals surface area (Å²) in [6.07, 6.45) is 1.17. The molecule has 4 N–H and O–H groups in total. The van der Waals surface area contributed by atoms with Crippen molar-refractivity contribution in [3.63, 3.8) is 0 Å². The molecule has 2 amide bonds. The van der Waals surface area contributed by atoms with E-state index in [9.17, 15) is 19.1 Å². The third kappa shape index (κ3) is 4.89. The van der Waals surface area contributed by atoms with Gasteiger partial charge in [0, 0.05) is 30.7 Å². The van der Waals surface area contributed by atoms with Crippen LogP contribution in [0.1, 0.15) is 45.7 Å². The van der Waals surface area contributed by atoms with Crippen molar-refractivity contribution >= 4 is 34.0 Å². The van der Waals surface area contributed by atoms with E-state index in [1.807, 2.05) is 6.92 Å². The van der Waals surface area contributed by atoms with Gasteiger partial charge in [-0.1, -0.05) is 19.1 Å². The van der Waals surface area contributed by atoms with Gasteiger partial charge in [0.2, 0.25) is 0 Å². The highest BCUT2D eigenvalue weighted by Gasteiger charge is 2.19. The summed E-state index contributed by atoms with van der Waals surface area (Å²) in [6.45, 7) is 1.81. The molecule has 162 valence electrons. The number of primary amides is 1. The zero-order chi connectivity index (χ0) is 22.7. The number of aliphatic hydroxyl groups excluding tert-OH is 1. The predicted octanol–water partition coefficient (Wildman–Crippen LogP) is 3.94. The van der Waals surface area contributed by atoms with Crippen LogP contribution in [0.2, 0.25) is 0 Å². The molecule has 31 heavy (non-hydrogen) atoms. The molecule has 9 heteroatoms. The molecule has 2 aromatic heterocycles. The Kier molecular flexibility index (Phi) is 6.67. The first-order valence-electron chi connectivity index (χ1n) is 9.57. The number of nitrogens with two attached hydrogens (primary N) is 1. The first kappa shape index (κ1) is 22.4. The van der Waals surface area contributed by atoms with Crippen LogP contribution >= 0.6 is 11.3 Å². The lowest BCUT2D eigenvalue weighted by Crippen LogP contribution is -2.21. The van der Waals surface area contributed by atoms with Crippen molar-refractivity contribution in [2.24, 2.45) is 5.73 Å². The largest absolute Gasteiger partial charge is 0.388 e. The molecule has 0 spiro atoms. The number of nitrogens with one attached hydrogen (secondary N) is 1. The number of thiophene rings is 1. The maximum atomic E-state index is 14.7. The number of anilines is 2. The van der Waals surface area contributed by atoms with Crippen LogP contribution < -0.4 is 11.1 Å². The van der Waals surface area contributed by atoms with E-state index < -0.39 is 17.8 Å². The van der Waals surface area contributed by atoms with Gasteiger partial charge in [0.25, 0.3) is 11.8 Å². The van der Waals surface area contributed by atoms with Crippen LogP contribution in [0.25, 0.3) is 10.4 Å². The maximum Gasteiger partial charge on any atom is 0.254 e. The number of aromatic nitrogens is 1. The van der Waals surface area contributed by atoms with Gasteiger partial charge in [-0.3, -0.25) is 9.59 Å². The van der Waals surface area contributed by atoms with E-state index in [4.69, 9.17) is 5.73 Å². The van der Waals surface area contributed by atoms with Gasteiger partial charge < -0.3 is 21.1 Å². The third-order valence-electron chi connectivity index (χ3n) is 4.69. The fourth-order valence-corrected chi connectivity index (χ4v) is 4.04. The predicted molar refractivity (Wildman–Crippen MR) is 119 cm³/mol. The quantitative estimate of drug-likeness (QED) is 0.514. The number of rotatable bonds is 7.